The number of carboxylic acid groups (broad SMARTS) is 1. The van der Waals surface area contributed by atoms with Crippen LogP contribution in [0.5, 0.6) is 0 Å². The Hall–Kier alpha value is -3.73. The standard InChI is InChI=1S/C25H24N2O7S/c26-25(24(29)30,14-6-11-23(28)33-16-17-7-2-1-3-8-17)27-35(31,32)18-12-13-22-20(15-18)19-9-4-5-10-21(19)34-22/h1-5,7-10,12-13,15,27H,6,11,14,16,26H2,(H,29,30). The van der Waals surface area contributed by atoms with Gasteiger partial charge in [0.05, 0.1) is 4.90 Å². The van der Waals surface area contributed by atoms with E-state index in [-0.39, 0.29) is 30.8 Å². The predicted molar refractivity (Wildman–Crippen MR) is 129 cm³/mol. The Balaban J connectivity index is 1.44. The van der Waals surface area contributed by atoms with Gasteiger partial charge in [0.15, 0.2) is 5.66 Å². The summed E-state index contributed by atoms with van der Waals surface area (Å²) in [5.41, 5.74) is 5.54. The van der Waals surface area contributed by atoms with E-state index in [9.17, 15) is 23.1 Å². The Morgan fingerprint density at radius 1 is 0.971 bits per heavy atom. The molecule has 0 radical (unpaired) electrons. The van der Waals surface area contributed by atoms with Gasteiger partial charge in [-0.15, -0.1) is 0 Å². The van der Waals surface area contributed by atoms with Crippen LogP contribution in [-0.2, 0) is 31.0 Å². The maximum absolute atomic E-state index is 13.0. The first kappa shape index (κ1) is 24.4. The molecule has 1 heterocycles. The van der Waals surface area contributed by atoms with Crippen molar-refractivity contribution in [3.8, 4) is 0 Å². The minimum absolute atomic E-state index is 0.00431. The van der Waals surface area contributed by atoms with Crippen LogP contribution in [0.1, 0.15) is 24.8 Å². The number of nitrogens with two attached hydrogens (primary N) is 1. The van der Waals surface area contributed by atoms with E-state index in [1.54, 1.807) is 36.4 Å². The van der Waals surface area contributed by atoms with Crippen molar-refractivity contribution in [1.82, 2.24) is 4.72 Å². The number of nitrogens with one attached hydrogen (secondary N) is 1. The highest BCUT2D eigenvalue weighted by Crippen LogP contribution is 2.30. The van der Waals surface area contributed by atoms with Crippen molar-refractivity contribution in [1.29, 1.82) is 0 Å². The molecule has 0 amide bonds. The topological polar surface area (TPSA) is 149 Å². The van der Waals surface area contributed by atoms with Crippen LogP contribution in [0, 0.1) is 0 Å². The molecule has 0 fully saturated rings. The Kier molecular flexibility index (Phi) is 6.88. The van der Waals surface area contributed by atoms with E-state index in [2.05, 4.69) is 4.72 Å². The Labute approximate surface area is 201 Å². The van der Waals surface area contributed by atoms with Gasteiger partial charge >= 0.3 is 11.9 Å². The van der Waals surface area contributed by atoms with Crippen molar-refractivity contribution in [2.45, 2.75) is 36.4 Å². The molecule has 10 heteroatoms. The normalized spacial score (nSPS) is 13.5. The minimum Gasteiger partial charge on any atom is -0.479 e. The molecule has 0 saturated carbocycles. The van der Waals surface area contributed by atoms with Gasteiger partial charge in [-0.3, -0.25) is 4.79 Å². The zero-order chi connectivity index (χ0) is 25.1. The van der Waals surface area contributed by atoms with E-state index >= 15 is 0 Å². The molecular weight excluding hydrogens is 472 g/mol. The van der Waals surface area contributed by atoms with Crippen LogP contribution in [0.3, 0.4) is 0 Å². The lowest BCUT2D eigenvalue weighted by molar-refractivity contribution is -0.147. The maximum Gasteiger partial charge on any atom is 0.339 e. The summed E-state index contributed by atoms with van der Waals surface area (Å²) in [6, 6.07) is 20.5. The summed E-state index contributed by atoms with van der Waals surface area (Å²) >= 11 is 0. The Morgan fingerprint density at radius 2 is 1.66 bits per heavy atom. The van der Waals surface area contributed by atoms with Gasteiger partial charge in [-0.1, -0.05) is 48.5 Å². The second-order valence-electron chi connectivity index (χ2n) is 8.14. The van der Waals surface area contributed by atoms with Gasteiger partial charge in [-0.25, -0.2) is 13.2 Å². The summed E-state index contributed by atoms with van der Waals surface area (Å²) in [6.45, 7) is 0.0875. The number of furan rings is 1. The molecule has 4 N–H and O–H groups in total. The highest BCUT2D eigenvalue weighted by molar-refractivity contribution is 7.89. The Bertz CT molecular complexity index is 1480. The minimum atomic E-state index is -4.31. The first-order valence-electron chi connectivity index (χ1n) is 10.8. The third-order valence-electron chi connectivity index (χ3n) is 5.55. The zero-order valence-electron chi connectivity index (χ0n) is 18.6. The number of carboxylic acids is 1. The van der Waals surface area contributed by atoms with Crippen LogP contribution in [0.25, 0.3) is 21.9 Å². The fourth-order valence-electron chi connectivity index (χ4n) is 3.69. The molecule has 0 spiro atoms. The van der Waals surface area contributed by atoms with Crippen LogP contribution >= 0.6 is 0 Å². The number of sulfonamides is 1. The van der Waals surface area contributed by atoms with E-state index in [4.69, 9.17) is 14.9 Å². The average Bonchev–Trinajstić information content (AvgIpc) is 3.21. The largest absolute Gasteiger partial charge is 0.479 e. The predicted octanol–water partition coefficient (Wildman–Crippen LogP) is 3.52. The van der Waals surface area contributed by atoms with E-state index in [1.807, 2.05) is 18.2 Å². The number of esters is 1. The third kappa shape index (κ3) is 5.51. The number of hydrogen-bond donors (Lipinski definition) is 3. The van der Waals surface area contributed by atoms with Crippen LogP contribution < -0.4 is 10.5 Å². The molecule has 0 saturated heterocycles. The lowest BCUT2D eigenvalue weighted by Crippen LogP contribution is -2.61. The van der Waals surface area contributed by atoms with Gasteiger partial charge in [0.25, 0.3) is 0 Å². The van der Waals surface area contributed by atoms with Crippen LogP contribution in [0.15, 0.2) is 82.1 Å². The van der Waals surface area contributed by atoms with Gasteiger partial charge in [-0.05, 0) is 42.7 Å². The van der Waals surface area contributed by atoms with Crippen molar-refractivity contribution >= 4 is 43.9 Å². The fourth-order valence-corrected chi connectivity index (χ4v) is 5.00. The molecule has 1 aromatic heterocycles. The van der Waals surface area contributed by atoms with Crippen molar-refractivity contribution in [3.05, 3.63) is 78.4 Å². The number of rotatable bonds is 10. The highest BCUT2D eigenvalue weighted by atomic mass is 32.2. The number of benzene rings is 3. The van der Waals surface area contributed by atoms with Crippen molar-refractivity contribution in [2.24, 2.45) is 5.73 Å². The molecule has 35 heavy (non-hydrogen) atoms. The first-order valence-corrected chi connectivity index (χ1v) is 12.3. The van der Waals surface area contributed by atoms with Crippen molar-refractivity contribution in [3.63, 3.8) is 0 Å². The van der Waals surface area contributed by atoms with E-state index in [1.165, 1.54) is 18.2 Å². The summed E-state index contributed by atoms with van der Waals surface area (Å²) in [5, 5.41) is 11.0. The molecule has 3 aromatic carbocycles. The molecule has 1 unspecified atom stereocenters. The second-order valence-corrected chi connectivity index (χ2v) is 9.82. The molecule has 0 aliphatic rings. The number of para-hydroxylation sites is 1. The molecule has 1 atom stereocenters. The number of ether oxygens (including phenoxy) is 1. The fraction of sp³-hybridized carbons (Fsp3) is 0.200. The van der Waals surface area contributed by atoms with E-state index in [0.717, 1.165) is 10.9 Å². The number of carbonyl (C=O) groups is 2. The average molecular weight is 497 g/mol. The van der Waals surface area contributed by atoms with E-state index in [0.29, 0.717) is 16.6 Å². The smallest absolute Gasteiger partial charge is 0.339 e. The van der Waals surface area contributed by atoms with Crippen LogP contribution in [-0.4, -0.2) is 31.1 Å². The number of hydrogen-bond acceptors (Lipinski definition) is 7. The van der Waals surface area contributed by atoms with Gasteiger partial charge in [-0.2, -0.15) is 4.72 Å². The molecule has 0 aliphatic carbocycles. The number of fused-ring (bicyclic) bond motifs is 3. The van der Waals surface area contributed by atoms with Gasteiger partial charge in [0.2, 0.25) is 10.0 Å². The summed E-state index contributed by atoms with van der Waals surface area (Å²) in [7, 11) is -4.31. The molecule has 4 rings (SSSR count). The monoisotopic (exact) mass is 496 g/mol. The molecule has 182 valence electrons. The molecule has 4 aromatic rings. The number of aliphatic carboxylic acids is 1. The SMILES string of the molecule is NC(CCCC(=O)OCc1ccccc1)(NS(=O)(=O)c1ccc2oc3ccccc3c2c1)C(=O)O. The van der Waals surface area contributed by atoms with Gasteiger partial charge in [0.1, 0.15) is 17.8 Å². The van der Waals surface area contributed by atoms with Crippen LogP contribution in [0.2, 0.25) is 0 Å². The van der Waals surface area contributed by atoms with Crippen LogP contribution in [0.4, 0.5) is 0 Å². The Morgan fingerprint density at radius 3 is 2.40 bits per heavy atom. The van der Waals surface area contributed by atoms with E-state index < -0.39 is 27.6 Å². The molecule has 0 bridgehead atoms. The molecule has 0 aliphatic heterocycles. The second kappa shape index (κ2) is 9.87. The summed E-state index contributed by atoms with van der Waals surface area (Å²) in [5.74, 6) is -2.10. The van der Waals surface area contributed by atoms with Gasteiger partial charge < -0.3 is 20.0 Å². The molecule has 9 nitrogen and oxygen atoms in total. The number of carbonyl (C=O) groups excluding carboxylic acids is 1. The first-order chi connectivity index (χ1) is 16.7. The lowest BCUT2D eigenvalue weighted by atomic mass is 10.0. The van der Waals surface area contributed by atoms with Crippen molar-refractivity contribution in [2.75, 3.05) is 0 Å². The van der Waals surface area contributed by atoms with Crippen molar-refractivity contribution < 1.29 is 32.3 Å². The summed E-state index contributed by atoms with van der Waals surface area (Å²) in [4.78, 5) is 23.7. The molecular formula is C25H24N2O7S. The lowest BCUT2D eigenvalue weighted by Gasteiger charge is -2.25. The quantitative estimate of drug-likeness (QED) is 0.223. The summed E-state index contributed by atoms with van der Waals surface area (Å²) < 4.78 is 39.0. The third-order valence-corrected chi connectivity index (χ3v) is 7.06. The maximum atomic E-state index is 13.0. The summed E-state index contributed by atoms with van der Waals surface area (Å²) in [6.07, 6.45) is -0.434. The van der Waals surface area contributed by atoms with Gasteiger partial charge in [0, 0.05) is 17.2 Å². The highest BCUT2D eigenvalue weighted by Gasteiger charge is 2.38. The zero-order valence-corrected chi connectivity index (χ0v) is 19.5.